The van der Waals surface area contributed by atoms with Crippen LogP contribution in [0, 0.1) is 17.1 Å². The molecule has 1 fully saturated rings. The van der Waals surface area contributed by atoms with E-state index < -0.39 is 21.7 Å². The molecule has 3 rings (SSSR count). The van der Waals surface area contributed by atoms with Crippen molar-refractivity contribution in [3.63, 3.8) is 0 Å². The summed E-state index contributed by atoms with van der Waals surface area (Å²) in [6.45, 7) is 1.66. The Morgan fingerprint density at radius 2 is 1.83 bits per heavy atom. The number of rotatable bonds is 7. The fourth-order valence-electron chi connectivity index (χ4n) is 3.11. The smallest absolute Gasteiger partial charge is 0.255 e. The van der Waals surface area contributed by atoms with Gasteiger partial charge in [-0.3, -0.25) is 4.79 Å². The lowest BCUT2D eigenvalue weighted by molar-refractivity contribution is 0.102. The molecule has 1 amide bonds. The van der Waals surface area contributed by atoms with Crippen molar-refractivity contribution in [2.75, 3.05) is 29.9 Å². The Bertz CT molecular complexity index is 1030. The van der Waals surface area contributed by atoms with Crippen molar-refractivity contribution in [1.29, 1.82) is 5.26 Å². The van der Waals surface area contributed by atoms with E-state index in [2.05, 4.69) is 10.0 Å². The van der Waals surface area contributed by atoms with Crippen LogP contribution in [0.4, 0.5) is 15.8 Å². The molecule has 152 valence electrons. The summed E-state index contributed by atoms with van der Waals surface area (Å²) in [6.07, 6.45) is 2.14. The number of halogens is 1. The number of anilines is 2. The number of nitriles is 1. The molecule has 2 N–H and O–H groups in total. The normalized spacial score (nSPS) is 13.9. The molecule has 1 saturated heterocycles. The number of nitrogens with zero attached hydrogens (tertiary/aromatic N) is 2. The van der Waals surface area contributed by atoms with Crippen LogP contribution in [-0.2, 0) is 10.0 Å². The van der Waals surface area contributed by atoms with Gasteiger partial charge in [-0.15, -0.1) is 0 Å². The number of carbonyl (C=O) groups excluding carboxylic acids is 1. The highest BCUT2D eigenvalue weighted by Gasteiger charge is 2.17. The Labute approximate surface area is 169 Å². The third-order valence-corrected chi connectivity index (χ3v) is 6.08. The van der Waals surface area contributed by atoms with E-state index in [-0.39, 0.29) is 23.4 Å². The summed E-state index contributed by atoms with van der Waals surface area (Å²) < 4.78 is 40.9. The monoisotopic (exact) mass is 416 g/mol. The largest absolute Gasteiger partial charge is 0.369 e. The van der Waals surface area contributed by atoms with Gasteiger partial charge in [0.05, 0.1) is 16.7 Å². The second kappa shape index (κ2) is 9.03. The zero-order valence-corrected chi connectivity index (χ0v) is 16.5. The van der Waals surface area contributed by atoms with E-state index in [4.69, 9.17) is 5.26 Å². The van der Waals surface area contributed by atoms with Crippen molar-refractivity contribution in [3.05, 3.63) is 53.8 Å². The second-order valence-corrected chi connectivity index (χ2v) is 8.41. The highest BCUT2D eigenvalue weighted by atomic mass is 32.2. The van der Waals surface area contributed by atoms with Crippen LogP contribution in [0.5, 0.6) is 0 Å². The highest BCUT2D eigenvalue weighted by molar-refractivity contribution is 7.89. The molecular weight excluding hydrogens is 395 g/mol. The first-order valence-electron chi connectivity index (χ1n) is 9.23. The van der Waals surface area contributed by atoms with Gasteiger partial charge >= 0.3 is 0 Å². The maximum absolute atomic E-state index is 14.4. The quantitative estimate of drug-likeness (QED) is 0.676. The van der Waals surface area contributed by atoms with Crippen LogP contribution >= 0.6 is 0 Å². The fourth-order valence-corrected chi connectivity index (χ4v) is 4.14. The van der Waals surface area contributed by atoms with Gasteiger partial charge < -0.3 is 10.2 Å². The molecule has 0 atom stereocenters. The number of hydrogen-bond acceptors (Lipinski definition) is 5. The van der Waals surface area contributed by atoms with Gasteiger partial charge in [-0.2, -0.15) is 5.26 Å². The number of hydrogen-bond donors (Lipinski definition) is 2. The Balaban J connectivity index is 1.66. The van der Waals surface area contributed by atoms with E-state index in [0.717, 1.165) is 25.9 Å². The van der Waals surface area contributed by atoms with E-state index in [1.165, 1.54) is 30.3 Å². The first-order chi connectivity index (χ1) is 13.9. The number of nitrogens with one attached hydrogen (secondary N) is 2. The van der Waals surface area contributed by atoms with E-state index in [0.29, 0.717) is 11.4 Å². The van der Waals surface area contributed by atoms with Gasteiger partial charge in [-0.25, -0.2) is 17.5 Å². The summed E-state index contributed by atoms with van der Waals surface area (Å²) in [4.78, 5) is 14.4. The maximum Gasteiger partial charge on any atom is 0.255 e. The number of benzene rings is 2. The number of carbonyl (C=O) groups is 1. The van der Waals surface area contributed by atoms with Crippen molar-refractivity contribution in [2.24, 2.45) is 0 Å². The molecule has 7 nitrogen and oxygen atoms in total. The number of amides is 1. The van der Waals surface area contributed by atoms with Crippen LogP contribution in [0.2, 0.25) is 0 Å². The molecule has 0 radical (unpaired) electrons. The van der Waals surface area contributed by atoms with E-state index in [1.807, 2.05) is 11.0 Å². The molecule has 1 aliphatic heterocycles. The van der Waals surface area contributed by atoms with Crippen molar-refractivity contribution < 1.29 is 17.6 Å². The summed E-state index contributed by atoms with van der Waals surface area (Å²) in [5.74, 6) is -0.866. The van der Waals surface area contributed by atoms with Gasteiger partial charge in [-0.05, 0) is 55.3 Å². The average molecular weight is 416 g/mol. The van der Waals surface area contributed by atoms with Gasteiger partial charge in [0.2, 0.25) is 10.0 Å². The molecule has 0 unspecified atom stereocenters. The third kappa shape index (κ3) is 5.10. The third-order valence-electron chi connectivity index (χ3n) is 4.61. The van der Waals surface area contributed by atoms with Gasteiger partial charge in [-0.1, -0.05) is 0 Å². The molecule has 0 aliphatic carbocycles. The zero-order chi connectivity index (χ0) is 20.9. The average Bonchev–Trinajstić information content (AvgIpc) is 3.23. The molecule has 0 saturated carbocycles. The Kier molecular flexibility index (Phi) is 6.46. The summed E-state index contributed by atoms with van der Waals surface area (Å²) >= 11 is 0. The summed E-state index contributed by atoms with van der Waals surface area (Å²) in [5.41, 5.74) is 1.09. The first-order valence-corrected chi connectivity index (χ1v) is 10.7. The summed E-state index contributed by atoms with van der Waals surface area (Å²) in [6, 6.07) is 11.8. The van der Waals surface area contributed by atoms with Crippen molar-refractivity contribution in [1.82, 2.24) is 4.72 Å². The minimum absolute atomic E-state index is 0.00648. The standard InChI is InChI=1S/C20H21FN4O3S/c21-18-14-16(6-9-19(18)25-12-1-2-13-25)24-20(26)15-4-7-17(8-5-15)29(27,28)23-11-3-10-22/h4-9,14,23H,1-3,11-13H2,(H,24,26). The predicted molar refractivity (Wildman–Crippen MR) is 108 cm³/mol. The van der Waals surface area contributed by atoms with Crippen molar-refractivity contribution in [3.8, 4) is 6.07 Å². The lowest BCUT2D eigenvalue weighted by Gasteiger charge is -2.18. The lowest BCUT2D eigenvalue weighted by atomic mass is 10.2. The van der Waals surface area contributed by atoms with Crippen LogP contribution in [-0.4, -0.2) is 34.0 Å². The topological polar surface area (TPSA) is 102 Å². The van der Waals surface area contributed by atoms with Gasteiger partial charge in [0.1, 0.15) is 5.82 Å². The van der Waals surface area contributed by atoms with Crippen LogP contribution in [0.1, 0.15) is 29.6 Å². The van der Waals surface area contributed by atoms with Crippen molar-refractivity contribution >= 4 is 27.3 Å². The van der Waals surface area contributed by atoms with Gasteiger partial charge in [0.25, 0.3) is 5.91 Å². The predicted octanol–water partition coefficient (Wildman–Crippen LogP) is 2.87. The molecule has 0 bridgehead atoms. The van der Waals surface area contributed by atoms with Gasteiger partial charge in [0.15, 0.2) is 0 Å². The van der Waals surface area contributed by atoms with E-state index >= 15 is 0 Å². The molecule has 9 heteroatoms. The first kappa shape index (κ1) is 20.8. The molecule has 2 aromatic rings. The fraction of sp³-hybridized carbons (Fsp3) is 0.300. The second-order valence-electron chi connectivity index (χ2n) is 6.64. The maximum atomic E-state index is 14.4. The van der Waals surface area contributed by atoms with E-state index in [9.17, 15) is 17.6 Å². The Morgan fingerprint density at radius 3 is 2.45 bits per heavy atom. The molecule has 2 aromatic carbocycles. The SMILES string of the molecule is N#CCCNS(=O)(=O)c1ccc(C(=O)Nc2ccc(N3CCCC3)c(F)c2)cc1. The molecule has 1 aliphatic rings. The number of sulfonamides is 1. The highest BCUT2D eigenvalue weighted by Crippen LogP contribution is 2.26. The van der Waals surface area contributed by atoms with Crippen LogP contribution < -0.4 is 14.9 Å². The molecule has 0 spiro atoms. The summed E-state index contributed by atoms with van der Waals surface area (Å²) in [5, 5.41) is 11.1. The molecular formula is C20H21FN4O3S. The van der Waals surface area contributed by atoms with Crippen molar-refractivity contribution in [2.45, 2.75) is 24.2 Å². The van der Waals surface area contributed by atoms with Crippen LogP contribution in [0.15, 0.2) is 47.4 Å². The molecule has 29 heavy (non-hydrogen) atoms. The zero-order valence-electron chi connectivity index (χ0n) is 15.7. The van der Waals surface area contributed by atoms with E-state index in [1.54, 1.807) is 12.1 Å². The lowest BCUT2D eigenvalue weighted by Crippen LogP contribution is -2.24. The Morgan fingerprint density at radius 1 is 1.14 bits per heavy atom. The van der Waals surface area contributed by atoms with Crippen LogP contribution in [0.3, 0.4) is 0 Å². The van der Waals surface area contributed by atoms with Gasteiger partial charge in [0, 0.05) is 37.3 Å². The minimum Gasteiger partial charge on any atom is -0.369 e. The molecule has 1 heterocycles. The molecule has 0 aromatic heterocycles. The Hall–Kier alpha value is -2.96. The van der Waals surface area contributed by atoms with Crippen LogP contribution in [0.25, 0.3) is 0 Å². The summed E-state index contributed by atoms with van der Waals surface area (Å²) in [7, 11) is -3.74. The minimum atomic E-state index is -3.74.